The lowest BCUT2D eigenvalue weighted by Gasteiger charge is -2.20. The van der Waals surface area contributed by atoms with Gasteiger partial charge < -0.3 is 0 Å². The fourth-order valence-electron chi connectivity index (χ4n) is 0.979. The number of pyridine rings is 1. The van der Waals surface area contributed by atoms with Crippen LogP contribution in [0.2, 0.25) is 0 Å². The van der Waals surface area contributed by atoms with Crippen molar-refractivity contribution in [3.63, 3.8) is 0 Å². The van der Waals surface area contributed by atoms with E-state index in [4.69, 9.17) is 0 Å². The summed E-state index contributed by atoms with van der Waals surface area (Å²) in [7, 11) is 0. The molecular formula is C9H8F5N. The number of hydrogen-bond acceptors (Lipinski definition) is 1. The lowest BCUT2D eigenvalue weighted by Crippen LogP contribution is -2.33. The number of alkyl halides is 5. The van der Waals surface area contributed by atoms with Crippen LogP contribution in [0, 0.1) is 13.8 Å². The predicted octanol–water partition coefficient (Wildman–Crippen LogP) is 3.35. The van der Waals surface area contributed by atoms with Crippen molar-refractivity contribution in [1.29, 1.82) is 0 Å². The minimum atomic E-state index is -5.59. The molecule has 0 unspecified atom stereocenters. The van der Waals surface area contributed by atoms with Crippen LogP contribution in [0.4, 0.5) is 22.0 Å². The fourth-order valence-corrected chi connectivity index (χ4v) is 0.979. The van der Waals surface area contributed by atoms with Crippen molar-refractivity contribution in [2.75, 3.05) is 0 Å². The molecule has 0 aromatic carbocycles. The summed E-state index contributed by atoms with van der Waals surface area (Å²) in [6.07, 6.45) is -5.04. The largest absolute Gasteiger partial charge is 0.458 e. The molecule has 0 saturated carbocycles. The van der Waals surface area contributed by atoms with Gasteiger partial charge in [-0.05, 0) is 25.5 Å². The molecule has 1 aromatic rings. The Kier molecular flexibility index (Phi) is 2.71. The smallest absolute Gasteiger partial charge is 0.261 e. The molecule has 0 radical (unpaired) electrons. The first-order valence-corrected chi connectivity index (χ1v) is 4.04. The summed E-state index contributed by atoms with van der Waals surface area (Å²) in [5, 5.41) is 0. The molecule has 0 aliphatic rings. The van der Waals surface area contributed by atoms with Crippen molar-refractivity contribution < 1.29 is 22.0 Å². The van der Waals surface area contributed by atoms with Crippen molar-refractivity contribution in [2.24, 2.45) is 0 Å². The molecule has 0 aliphatic heterocycles. The van der Waals surface area contributed by atoms with E-state index in [1.807, 2.05) is 0 Å². The molecule has 0 spiro atoms. The molecule has 0 N–H and O–H groups in total. The molecule has 6 heteroatoms. The first kappa shape index (κ1) is 11.9. The molecule has 0 atom stereocenters. The molecular weight excluding hydrogens is 217 g/mol. The quantitative estimate of drug-likeness (QED) is 0.668. The van der Waals surface area contributed by atoms with Crippen molar-refractivity contribution >= 4 is 0 Å². The van der Waals surface area contributed by atoms with Crippen molar-refractivity contribution in [2.45, 2.75) is 25.9 Å². The number of rotatable bonds is 1. The van der Waals surface area contributed by atoms with Gasteiger partial charge in [0.1, 0.15) is 0 Å². The highest BCUT2D eigenvalue weighted by Crippen LogP contribution is 2.43. The Morgan fingerprint density at radius 3 is 2.00 bits per heavy atom. The van der Waals surface area contributed by atoms with Gasteiger partial charge in [-0.1, -0.05) is 0 Å². The maximum atomic E-state index is 12.8. The highest BCUT2D eigenvalue weighted by atomic mass is 19.4. The van der Waals surface area contributed by atoms with E-state index in [-0.39, 0.29) is 0 Å². The first-order valence-electron chi connectivity index (χ1n) is 4.04. The van der Waals surface area contributed by atoms with E-state index in [0.29, 0.717) is 17.5 Å². The van der Waals surface area contributed by atoms with Gasteiger partial charge in [0.15, 0.2) is 0 Å². The van der Waals surface area contributed by atoms with Gasteiger partial charge in [0.25, 0.3) is 0 Å². The second-order valence-corrected chi connectivity index (χ2v) is 3.20. The summed E-state index contributed by atoms with van der Waals surface area (Å²) in [6, 6.07) is 0.801. The van der Waals surface area contributed by atoms with E-state index in [1.165, 1.54) is 13.8 Å². The standard InChI is InChI=1S/C9H8F5N/c1-5-3-7(4-15-6(5)2)8(10,11)9(12,13)14/h3-4H,1-2H3. The second-order valence-electron chi connectivity index (χ2n) is 3.20. The second kappa shape index (κ2) is 3.43. The topological polar surface area (TPSA) is 12.9 Å². The molecule has 1 nitrogen and oxygen atoms in total. The van der Waals surface area contributed by atoms with Gasteiger partial charge in [-0.25, -0.2) is 0 Å². The van der Waals surface area contributed by atoms with Gasteiger partial charge >= 0.3 is 12.1 Å². The minimum absolute atomic E-state index is 0.302. The van der Waals surface area contributed by atoms with E-state index in [1.54, 1.807) is 0 Å². The number of aryl methyl sites for hydroxylation is 2. The Morgan fingerprint density at radius 1 is 1.07 bits per heavy atom. The SMILES string of the molecule is Cc1cc(C(F)(F)C(F)(F)F)cnc1C. The van der Waals surface area contributed by atoms with E-state index >= 15 is 0 Å². The van der Waals surface area contributed by atoms with Crippen LogP contribution in [-0.4, -0.2) is 11.2 Å². The molecule has 0 aliphatic carbocycles. The van der Waals surface area contributed by atoms with Crippen molar-refractivity contribution in [3.05, 3.63) is 29.1 Å². The fraction of sp³-hybridized carbons (Fsp3) is 0.444. The zero-order valence-corrected chi connectivity index (χ0v) is 7.99. The van der Waals surface area contributed by atoms with Crippen LogP contribution in [-0.2, 0) is 5.92 Å². The van der Waals surface area contributed by atoms with E-state index < -0.39 is 17.7 Å². The van der Waals surface area contributed by atoms with Crippen LogP contribution in [0.3, 0.4) is 0 Å². The predicted molar refractivity (Wildman–Crippen MR) is 43.7 cm³/mol. The summed E-state index contributed by atoms with van der Waals surface area (Å²) in [4.78, 5) is 3.48. The van der Waals surface area contributed by atoms with Crippen molar-refractivity contribution in [3.8, 4) is 0 Å². The van der Waals surface area contributed by atoms with E-state index in [0.717, 1.165) is 6.07 Å². The third kappa shape index (κ3) is 2.08. The monoisotopic (exact) mass is 225 g/mol. The van der Waals surface area contributed by atoms with E-state index in [2.05, 4.69) is 4.98 Å². The minimum Gasteiger partial charge on any atom is -0.261 e. The molecule has 1 aromatic heterocycles. The van der Waals surface area contributed by atoms with Crippen LogP contribution in [0.5, 0.6) is 0 Å². The Bertz CT molecular complexity index is 369. The summed E-state index contributed by atoms with van der Waals surface area (Å²) in [5.74, 6) is -4.85. The zero-order valence-electron chi connectivity index (χ0n) is 7.99. The molecule has 15 heavy (non-hydrogen) atoms. The van der Waals surface area contributed by atoms with Gasteiger partial charge in [0.05, 0.1) is 0 Å². The number of halogens is 5. The van der Waals surface area contributed by atoms with Crippen LogP contribution in [0.1, 0.15) is 16.8 Å². The molecule has 0 amide bonds. The average Bonchev–Trinajstić information content (AvgIpc) is 2.07. The molecule has 0 bridgehead atoms. The summed E-state index contributed by atoms with van der Waals surface area (Å²) in [6.45, 7) is 2.96. The summed E-state index contributed by atoms with van der Waals surface area (Å²) >= 11 is 0. The van der Waals surface area contributed by atoms with Crippen LogP contribution in [0.15, 0.2) is 12.3 Å². The lowest BCUT2D eigenvalue weighted by molar-refractivity contribution is -0.289. The molecule has 1 heterocycles. The summed E-state index contributed by atoms with van der Waals surface area (Å²) < 4.78 is 61.5. The van der Waals surface area contributed by atoms with Gasteiger partial charge in [-0.2, -0.15) is 22.0 Å². The lowest BCUT2D eigenvalue weighted by atomic mass is 10.1. The average molecular weight is 225 g/mol. The van der Waals surface area contributed by atoms with Gasteiger partial charge in [-0.3, -0.25) is 4.98 Å². The maximum absolute atomic E-state index is 12.8. The Morgan fingerprint density at radius 2 is 1.60 bits per heavy atom. The highest BCUT2D eigenvalue weighted by Gasteiger charge is 2.58. The van der Waals surface area contributed by atoms with Gasteiger partial charge in [0, 0.05) is 17.5 Å². The highest BCUT2D eigenvalue weighted by molar-refractivity contribution is 5.27. The van der Waals surface area contributed by atoms with Crippen LogP contribution in [0.25, 0.3) is 0 Å². The van der Waals surface area contributed by atoms with Crippen LogP contribution < -0.4 is 0 Å². The molecule has 0 fully saturated rings. The van der Waals surface area contributed by atoms with Gasteiger partial charge in [0.2, 0.25) is 0 Å². The van der Waals surface area contributed by atoms with Crippen LogP contribution >= 0.6 is 0 Å². The van der Waals surface area contributed by atoms with Gasteiger partial charge in [-0.15, -0.1) is 0 Å². The number of aromatic nitrogens is 1. The number of hydrogen-bond donors (Lipinski definition) is 0. The molecule has 1 rings (SSSR count). The normalized spacial score (nSPS) is 13.0. The maximum Gasteiger partial charge on any atom is 0.458 e. The Labute approximate surface area is 82.9 Å². The molecule has 0 saturated heterocycles. The summed E-state index contributed by atoms with van der Waals surface area (Å²) in [5.41, 5.74) is -0.397. The number of nitrogens with zero attached hydrogens (tertiary/aromatic N) is 1. The first-order chi connectivity index (χ1) is 6.66. The Hall–Kier alpha value is -1.20. The van der Waals surface area contributed by atoms with Crippen molar-refractivity contribution in [1.82, 2.24) is 4.98 Å². The zero-order chi connectivity index (χ0) is 11.9. The third-order valence-electron chi connectivity index (χ3n) is 2.06. The third-order valence-corrected chi connectivity index (χ3v) is 2.06. The Balaban J connectivity index is 3.22. The molecule has 84 valence electrons. The van der Waals surface area contributed by atoms with E-state index in [9.17, 15) is 22.0 Å².